The number of nitrogens with zero attached hydrogens (tertiary/aromatic N) is 5. The molecule has 0 aliphatic heterocycles. The number of rotatable bonds is 5. The highest BCUT2D eigenvalue weighted by Crippen LogP contribution is 2.69. The van der Waals surface area contributed by atoms with Gasteiger partial charge in [-0.05, 0) is 53.9 Å². The minimum Gasteiger partial charge on any atom is -0.443 e. The number of hydrogen-bond donors (Lipinski definition) is 1. The molecule has 6 rings (SSSR count). The van der Waals surface area contributed by atoms with Gasteiger partial charge in [-0.3, -0.25) is 4.98 Å². The predicted octanol–water partition coefficient (Wildman–Crippen LogP) is 5.76. The second kappa shape index (κ2) is 8.21. The first-order valence-corrected chi connectivity index (χ1v) is 12.4. The van der Waals surface area contributed by atoms with Crippen LogP contribution in [-0.4, -0.2) is 30.3 Å². The first-order valence-electron chi connectivity index (χ1n) is 12.4. The maximum atomic E-state index is 14.5. The topological polar surface area (TPSA) is 97.8 Å². The number of oxazole rings is 1. The van der Waals surface area contributed by atoms with Gasteiger partial charge in [-0.1, -0.05) is 33.8 Å². The van der Waals surface area contributed by atoms with Crippen molar-refractivity contribution < 1.29 is 18.3 Å². The molecule has 9 heteroatoms. The lowest BCUT2D eigenvalue weighted by Gasteiger charge is -2.37. The van der Waals surface area contributed by atoms with E-state index in [0.29, 0.717) is 11.4 Å². The van der Waals surface area contributed by atoms with Gasteiger partial charge in [0, 0.05) is 6.20 Å². The van der Waals surface area contributed by atoms with E-state index in [-0.39, 0.29) is 34.4 Å². The molecule has 1 aromatic carbocycles. The van der Waals surface area contributed by atoms with Crippen LogP contribution in [0.25, 0.3) is 22.8 Å². The average molecular weight is 504 g/mol. The van der Waals surface area contributed by atoms with E-state index in [1.165, 1.54) is 24.5 Å². The number of aliphatic hydroxyl groups excluding tert-OH is 1. The van der Waals surface area contributed by atoms with Crippen LogP contribution in [0.4, 0.5) is 8.78 Å². The van der Waals surface area contributed by atoms with Gasteiger partial charge >= 0.3 is 0 Å². The van der Waals surface area contributed by atoms with Gasteiger partial charge in [0.05, 0.1) is 34.3 Å². The number of fused-ring (bicyclic) bond motifs is 5. The molecule has 3 atom stereocenters. The zero-order valence-corrected chi connectivity index (χ0v) is 21.0. The van der Waals surface area contributed by atoms with Crippen molar-refractivity contribution >= 4 is 0 Å². The zero-order valence-electron chi connectivity index (χ0n) is 21.0. The van der Waals surface area contributed by atoms with E-state index in [2.05, 4.69) is 34.0 Å². The SMILES string of the molecule is CC(C)[C@H](O)c1coc(-c2cncc([C@]34CC[C@@H](c5cc(-c6c(F)cccc6F)nnc53)C4(C)C)n2)n1. The van der Waals surface area contributed by atoms with Gasteiger partial charge in [0.2, 0.25) is 5.89 Å². The van der Waals surface area contributed by atoms with E-state index in [0.717, 1.165) is 29.8 Å². The molecule has 0 radical (unpaired) electrons. The van der Waals surface area contributed by atoms with Crippen LogP contribution in [0.15, 0.2) is 47.3 Å². The third-order valence-electron chi connectivity index (χ3n) is 8.35. The zero-order chi connectivity index (χ0) is 26.1. The quantitative estimate of drug-likeness (QED) is 0.370. The van der Waals surface area contributed by atoms with Crippen molar-refractivity contribution in [3.05, 3.63) is 77.2 Å². The number of halogens is 2. The summed E-state index contributed by atoms with van der Waals surface area (Å²) in [4.78, 5) is 13.8. The van der Waals surface area contributed by atoms with Crippen LogP contribution < -0.4 is 0 Å². The van der Waals surface area contributed by atoms with E-state index >= 15 is 0 Å². The Kier molecular flexibility index (Phi) is 5.28. The van der Waals surface area contributed by atoms with Crippen LogP contribution in [0, 0.1) is 23.0 Å². The maximum absolute atomic E-state index is 14.5. The van der Waals surface area contributed by atoms with Crippen LogP contribution in [0.2, 0.25) is 0 Å². The van der Waals surface area contributed by atoms with E-state index < -0.39 is 23.2 Å². The lowest BCUT2D eigenvalue weighted by Crippen LogP contribution is -2.38. The average Bonchev–Trinajstić information content (AvgIpc) is 3.52. The van der Waals surface area contributed by atoms with Crippen molar-refractivity contribution in [1.29, 1.82) is 0 Å². The molecule has 1 N–H and O–H groups in total. The lowest BCUT2D eigenvalue weighted by atomic mass is 9.66. The maximum Gasteiger partial charge on any atom is 0.247 e. The van der Waals surface area contributed by atoms with E-state index in [4.69, 9.17) is 9.40 Å². The Morgan fingerprint density at radius 2 is 1.81 bits per heavy atom. The monoisotopic (exact) mass is 503 g/mol. The summed E-state index contributed by atoms with van der Waals surface area (Å²) < 4.78 is 34.7. The standard InChI is InChI=1S/C28H27F2N5O2/c1-14(2)24(36)21-13-37-26(33-21)20-11-31-12-22(32-20)28-9-8-16(27(28,3)4)15-10-19(34-35-25(15)28)23-17(29)6-5-7-18(23)30/h5-7,10-14,16,24,36H,8-9H2,1-4H3/t16-,24-,28+/m0/s1. The van der Waals surface area contributed by atoms with Crippen LogP contribution in [0.5, 0.6) is 0 Å². The molecule has 1 fully saturated rings. The van der Waals surface area contributed by atoms with E-state index in [1.54, 1.807) is 18.5 Å². The van der Waals surface area contributed by atoms with Crippen molar-refractivity contribution in [1.82, 2.24) is 25.1 Å². The lowest BCUT2D eigenvalue weighted by molar-refractivity contribution is 0.122. The molecule has 2 bridgehead atoms. The van der Waals surface area contributed by atoms with E-state index in [1.807, 2.05) is 13.8 Å². The van der Waals surface area contributed by atoms with Crippen molar-refractivity contribution in [3.8, 4) is 22.8 Å². The van der Waals surface area contributed by atoms with Gasteiger partial charge in [-0.2, -0.15) is 5.10 Å². The number of hydrogen-bond acceptors (Lipinski definition) is 7. The second-order valence-electron chi connectivity index (χ2n) is 10.9. The van der Waals surface area contributed by atoms with Crippen LogP contribution in [-0.2, 0) is 5.41 Å². The highest BCUT2D eigenvalue weighted by atomic mass is 19.1. The molecule has 190 valence electrons. The summed E-state index contributed by atoms with van der Waals surface area (Å²) in [5, 5.41) is 19.2. The summed E-state index contributed by atoms with van der Waals surface area (Å²) in [6, 6.07) is 5.56. The molecule has 0 saturated heterocycles. The first-order chi connectivity index (χ1) is 17.6. The molecular weight excluding hydrogens is 476 g/mol. The molecule has 4 aromatic rings. The molecule has 3 aromatic heterocycles. The summed E-state index contributed by atoms with van der Waals surface area (Å²) in [6.45, 7) is 8.15. The molecule has 2 aliphatic rings. The molecule has 1 saturated carbocycles. The highest BCUT2D eigenvalue weighted by Gasteiger charge is 2.65. The summed E-state index contributed by atoms with van der Waals surface area (Å²) >= 11 is 0. The third kappa shape index (κ3) is 3.29. The Labute approximate surface area is 213 Å². The summed E-state index contributed by atoms with van der Waals surface area (Å²) in [5.74, 6) is -0.952. The first kappa shape index (κ1) is 23.8. The Morgan fingerprint density at radius 3 is 2.54 bits per heavy atom. The predicted molar refractivity (Wildman–Crippen MR) is 131 cm³/mol. The number of aromatic nitrogens is 5. The normalized spacial score (nSPS) is 22.4. The molecule has 3 heterocycles. The molecular formula is C28H27F2N5O2. The summed E-state index contributed by atoms with van der Waals surface area (Å²) in [7, 11) is 0. The molecule has 7 nitrogen and oxygen atoms in total. The highest BCUT2D eigenvalue weighted by molar-refractivity contribution is 5.64. The fourth-order valence-corrected chi connectivity index (χ4v) is 6.31. The fraction of sp³-hybridized carbons (Fsp3) is 0.393. The number of aliphatic hydroxyl groups is 1. The van der Waals surface area contributed by atoms with Gasteiger partial charge in [0.15, 0.2) is 0 Å². The van der Waals surface area contributed by atoms with Crippen LogP contribution >= 0.6 is 0 Å². The summed E-state index contributed by atoms with van der Waals surface area (Å²) in [6.07, 6.45) is 5.69. The Balaban J connectivity index is 1.46. The van der Waals surface area contributed by atoms with Gasteiger partial charge in [0.25, 0.3) is 0 Å². The summed E-state index contributed by atoms with van der Waals surface area (Å²) in [5.41, 5.74) is 2.47. The molecule has 0 unspecified atom stereocenters. The minimum atomic E-state index is -0.743. The molecule has 0 amide bonds. The second-order valence-corrected chi connectivity index (χ2v) is 10.9. The van der Waals surface area contributed by atoms with Gasteiger partial charge in [-0.25, -0.2) is 18.7 Å². The number of benzene rings is 1. The molecule has 37 heavy (non-hydrogen) atoms. The van der Waals surface area contributed by atoms with Gasteiger partial charge < -0.3 is 9.52 Å². The van der Waals surface area contributed by atoms with Crippen LogP contribution in [0.3, 0.4) is 0 Å². The van der Waals surface area contributed by atoms with Crippen molar-refractivity contribution in [2.45, 2.75) is 58.0 Å². The molecule has 0 spiro atoms. The molecule has 2 aliphatic carbocycles. The Hall–Kier alpha value is -3.59. The van der Waals surface area contributed by atoms with Gasteiger partial charge in [-0.15, -0.1) is 5.10 Å². The third-order valence-corrected chi connectivity index (χ3v) is 8.35. The van der Waals surface area contributed by atoms with Crippen LogP contribution in [0.1, 0.15) is 75.2 Å². The Morgan fingerprint density at radius 1 is 1.05 bits per heavy atom. The van der Waals surface area contributed by atoms with E-state index in [9.17, 15) is 13.9 Å². The van der Waals surface area contributed by atoms with Crippen molar-refractivity contribution in [3.63, 3.8) is 0 Å². The largest absolute Gasteiger partial charge is 0.443 e. The fourth-order valence-electron chi connectivity index (χ4n) is 6.31. The Bertz CT molecular complexity index is 1500. The van der Waals surface area contributed by atoms with Crippen molar-refractivity contribution in [2.24, 2.45) is 11.3 Å². The van der Waals surface area contributed by atoms with Gasteiger partial charge in [0.1, 0.15) is 35.4 Å². The smallest absolute Gasteiger partial charge is 0.247 e. The van der Waals surface area contributed by atoms with Crippen molar-refractivity contribution in [2.75, 3.05) is 0 Å². The minimum absolute atomic E-state index is 0.0122.